The summed E-state index contributed by atoms with van der Waals surface area (Å²) in [5.41, 5.74) is 3.99. The third kappa shape index (κ3) is 6.15. The van der Waals surface area contributed by atoms with Crippen LogP contribution in [0.3, 0.4) is 0 Å². The van der Waals surface area contributed by atoms with E-state index < -0.39 is 10.0 Å². The number of sulfonamides is 1. The minimum Gasteiger partial charge on any atom is -0.338 e. The molecule has 0 unspecified atom stereocenters. The maximum absolute atomic E-state index is 13.4. The number of piperazine rings is 1. The molecule has 234 valence electrons. The van der Waals surface area contributed by atoms with Gasteiger partial charge in [0.2, 0.25) is 10.0 Å². The molecule has 1 aromatic heterocycles. The fourth-order valence-corrected chi connectivity index (χ4v) is 9.84. The van der Waals surface area contributed by atoms with Gasteiger partial charge in [-0.25, -0.2) is 12.7 Å². The second-order valence-corrected chi connectivity index (χ2v) is 16.0. The molecule has 1 aliphatic carbocycles. The molecule has 4 fully saturated rings. The second-order valence-electron chi connectivity index (χ2n) is 13.7. The number of piperidine rings is 2. The van der Waals surface area contributed by atoms with Crippen LogP contribution in [0, 0.1) is 19.8 Å². The van der Waals surface area contributed by atoms with Crippen molar-refractivity contribution in [3.8, 4) is 0 Å². The van der Waals surface area contributed by atoms with Gasteiger partial charge in [0.15, 0.2) is 0 Å². The SMILES string of the molecule is Cc1ccnc(C)c1C(=O)N1CCC(C)(N2CCN([C@@H](c3ccccc3)C3CCN(S(=O)(=O)C4CC4)CC3)[C@@H](C)C2)CC1. The molecule has 0 spiro atoms. The van der Waals surface area contributed by atoms with Crippen LogP contribution in [-0.4, -0.2) is 101 Å². The number of amides is 1. The Bertz CT molecular complexity index is 1380. The molecule has 1 aromatic carbocycles. The standard InChI is InChI=1S/C34H49N5O3S/c1-25-12-17-35-27(3)31(25)33(40)36-20-15-34(4,16-21-36)37-22-23-39(26(2)24-37)32(28-8-6-5-7-9-28)29-13-18-38(19-14-29)43(41,42)30-10-11-30/h5-9,12,17,26,29-30,32H,10-11,13-16,18-24H2,1-4H3/t26-,32-/m0/s1. The number of pyridine rings is 1. The number of aryl methyl sites for hydroxylation is 2. The van der Waals surface area contributed by atoms with Crippen molar-refractivity contribution in [3.63, 3.8) is 0 Å². The van der Waals surface area contributed by atoms with E-state index in [1.54, 1.807) is 10.5 Å². The average Bonchev–Trinajstić information content (AvgIpc) is 3.86. The Morgan fingerprint density at radius 3 is 2.21 bits per heavy atom. The van der Waals surface area contributed by atoms with Crippen molar-refractivity contribution in [1.29, 1.82) is 0 Å². The summed E-state index contributed by atoms with van der Waals surface area (Å²) in [6, 6.07) is 13.5. The van der Waals surface area contributed by atoms with Crippen LogP contribution in [0.1, 0.15) is 85.6 Å². The lowest BCUT2D eigenvalue weighted by Gasteiger charge is -2.54. The van der Waals surface area contributed by atoms with Gasteiger partial charge in [0.05, 0.1) is 16.5 Å². The molecule has 0 N–H and O–H groups in total. The highest BCUT2D eigenvalue weighted by Gasteiger charge is 2.45. The summed E-state index contributed by atoms with van der Waals surface area (Å²) >= 11 is 0. The largest absolute Gasteiger partial charge is 0.338 e. The second kappa shape index (κ2) is 12.2. The van der Waals surface area contributed by atoms with Crippen molar-refractivity contribution in [3.05, 3.63) is 65.0 Å². The first-order valence-electron chi connectivity index (χ1n) is 16.3. The predicted molar refractivity (Wildman–Crippen MR) is 170 cm³/mol. The third-order valence-corrected chi connectivity index (χ3v) is 13.3. The lowest BCUT2D eigenvalue weighted by Crippen LogP contribution is -2.63. The van der Waals surface area contributed by atoms with Gasteiger partial charge in [0.25, 0.3) is 5.91 Å². The van der Waals surface area contributed by atoms with Crippen LogP contribution in [0.5, 0.6) is 0 Å². The maximum atomic E-state index is 13.4. The number of aromatic nitrogens is 1. The van der Waals surface area contributed by atoms with E-state index in [-0.39, 0.29) is 16.7 Å². The van der Waals surface area contributed by atoms with Gasteiger partial charge >= 0.3 is 0 Å². The van der Waals surface area contributed by atoms with Crippen molar-refractivity contribution < 1.29 is 13.2 Å². The van der Waals surface area contributed by atoms with Crippen LogP contribution < -0.4 is 0 Å². The predicted octanol–water partition coefficient (Wildman–Crippen LogP) is 4.64. The topological polar surface area (TPSA) is 77.1 Å². The summed E-state index contributed by atoms with van der Waals surface area (Å²) in [7, 11) is -3.11. The van der Waals surface area contributed by atoms with Gasteiger partial charge in [0, 0.05) is 69.6 Å². The summed E-state index contributed by atoms with van der Waals surface area (Å²) in [6.45, 7) is 14.5. The van der Waals surface area contributed by atoms with E-state index >= 15 is 0 Å². The van der Waals surface area contributed by atoms with Crippen LogP contribution in [0.15, 0.2) is 42.6 Å². The summed E-state index contributed by atoms with van der Waals surface area (Å²) < 4.78 is 27.6. The number of nitrogens with zero attached hydrogens (tertiary/aromatic N) is 5. The fraction of sp³-hybridized carbons (Fsp3) is 0.647. The number of benzene rings is 1. The van der Waals surface area contributed by atoms with Crippen LogP contribution in [-0.2, 0) is 10.0 Å². The molecule has 9 heteroatoms. The summed E-state index contributed by atoms with van der Waals surface area (Å²) in [6.07, 6.45) is 7.20. The maximum Gasteiger partial charge on any atom is 0.255 e. The van der Waals surface area contributed by atoms with Gasteiger partial charge < -0.3 is 4.90 Å². The molecule has 43 heavy (non-hydrogen) atoms. The van der Waals surface area contributed by atoms with E-state index in [0.717, 1.165) is 88.1 Å². The molecule has 4 heterocycles. The molecular formula is C34H49N5O3S. The van der Waals surface area contributed by atoms with Gasteiger partial charge in [0.1, 0.15) is 0 Å². The Labute approximate surface area is 258 Å². The van der Waals surface area contributed by atoms with Gasteiger partial charge in [-0.2, -0.15) is 0 Å². The number of likely N-dealkylation sites (tertiary alicyclic amines) is 1. The molecule has 0 radical (unpaired) electrons. The van der Waals surface area contributed by atoms with Crippen LogP contribution in [0.4, 0.5) is 0 Å². The Morgan fingerprint density at radius 2 is 1.60 bits per heavy atom. The Hall–Kier alpha value is -2.33. The van der Waals surface area contributed by atoms with E-state index in [9.17, 15) is 13.2 Å². The highest BCUT2D eigenvalue weighted by atomic mass is 32.2. The summed E-state index contributed by atoms with van der Waals surface area (Å²) in [5, 5.41) is -0.128. The van der Waals surface area contributed by atoms with Gasteiger partial charge in [-0.05, 0) is 89.3 Å². The number of carbonyl (C=O) groups excluding carboxylic acids is 1. The monoisotopic (exact) mass is 607 g/mol. The Balaban J connectivity index is 1.11. The number of hydrogen-bond acceptors (Lipinski definition) is 6. The lowest BCUT2D eigenvalue weighted by molar-refractivity contribution is -0.0421. The smallest absolute Gasteiger partial charge is 0.255 e. The molecule has 6 rings (SSSR count). The molecule has 1 saturated carbocycles. The van der Waals surface area contributed by atoms with Crippen LogP contribution in [0.2, 0.25) is 0 Å². The highest BCUT2D eigenvalue weighted by Crippen LogP contribution is 2.41. The van der Waals surface area contributed by atoms with Gasteiger partial charge in [-0.1, -0.05) is 30.3 Å². The quantitative estimate of drug-likeness (QED) is 0.457. The average molecular weight is 608 g/mol. The van der Waals surface area contributed by atoms with E-state index in [0.29, 0.717) is 31.1 Å². The molecule has 4 aliphatic rings. The van der Waals surface area contributed by atoms with E-state index in [1.165, 1.54) is 5.56 Å². The minimum absolute atomic E-state index is 0.0703. The zero-order valence-corrected chi connectivity index (χ0v) is 27.2. The first-order valence-corrected chi connectivity index (χ1v) is 17.8. The van der Waals surface area contributed by atoms with Crippen LogP contribution in [0.25, 0.3) is 0 Å². The molecule has 1 amide bonds. The van der Waals surface area contributed by atoms with Crippen molar-refractivity contribution in [2.45, 2.75) is 89.1 Å². The van der Waals surface area contributed by atoms with Gasteiger partial charge in [-0.3, -0.25) is 19.6 Å². The molecule has 3 aliphatic heterocycles. The number of rotatable bonds is 7. The van der Waals surface area contributed by atoms with Crippen molar-refractivity contribution >= 4 is 15.9 Å². The van der Waals surface area contributed by atoms with E-state index in [1.807, 2.05) is 24.8 Å². The highest BCUT2D eigenvalue weighted by molar-refractivity contribution is 7.90. The summed E-state index contributed by atoms with van der Waals surface area (Å²) in [4.78, 5) is 25.2. The van der Waals surface area contributed by atoms with Crippen LogP contribution >= 0.6 is 0 Å². The Morgan fingerprint density at radius 1 is 0.930 bits per heavy atom. The molecule has 3 saturated heterocycles. The Kier molecular flexibility index (Phi) is 8.72. The van der Waals surface area contributed by atoms with Crippen molar-refractivity contribution in [1.82, 2.24) is 24.0 Å². The minimum atomic E-state index is -3.11. The van der Waals surface area contributed by atoms with Crippen molar-refractivity contribution in [2.75, 3.05) is 45.8 Å². The molecule has 8 nitrogen and oxygen atoms in total. The van der Waals surface area contributed by atoms with E-state index in [4.69, 9.17) is 0 Å². The first kappa shape index (κ1) is 30.7. The van der Waals surface area contributed by atoms with Crippen molar-refractivity contribution in [2.24, 2.45) is 5.92 Å². The zero-order chi connectivity index (χ0) is 30.4. The van der Waals surface area contributed by atoms with Gasteiger partial charge in [-0.15, -0.1) is 0 Å². The third-order valence-electron chi connectivity index (χ3n) is 10.9. The molecule has 2 aromatic rings. The van der Waals surface area contributed by atoms with E-state index in [2.05, 4.69) is 59.0 Å². The lowest BCUT2D eigenvalue weighted by atomic mass is 9.82. The fourth-order valence-electron chi connectivity index (χ4n) is 7.97. The normalized spacial score (nSPS) is 25.5. The zero-order valence-electron chi connectivity index (χ0n) is 26.4. The molecule has 2 atom stereocenters. The first-order chi connectivity index (χ1) is 20.6. The summed E-state index contributed by atoms with van der Waals surface area (Å²) in [5.74, 6) is 0.552. The number of carbonyl (C=O) groups is 1. The molecular weight excluding hydrogens is 558 g/mol. The molecule has 0 bridgehead atoms. The number of hydrogen-bond donors (Lipinski definition) is 0.